The fourth-order valence-corrected chi connectivity index (χ4v) is 4.97. The van der Waals surface area contributed by atoms with Crippen molar-refractivity contribution in [3.05, 3.63) is 6.92 Å². The average Bonchev–Trinajstić information content (AvgIpc) is 2.01. The van der Waals surface area contributed by atoms with Crippen LogP contribution >= 0.6 is 0 Å². The van der Waals surface area contributed by atoms with Crippen LogP contribution in [0.1, 0.15) is 27.2 Å². The molecule has 0 unspecified atom stereocenters. The van der Waals surface area contributed by atoms with Gasteiger partial charge in [0.1, 0.15) is 0 Å². The van der Waals surface area contributed by atoms with Crippen LogP contribution in [-0.4, -0.2) is 31.1 Å². The molecular weight excluding hydrogens is 287 g/mol. The summed E-state index contributed by atoms with van der Waals surface area (Å²) >= 11 is 0. The molecule has 0 saturated carbocycles. The Hall–Kier alpha value is 1.71. The summed E-state index contributed by atoms with van der Waals surface area (Å²) in [7, 11) is -0.780. The molecule has 0 bridgehead atoms. The molecule has 0 saturated heterocycles. The first-order chi connectivity index (χ1) is 4.74. The van der Waals surface area contributed by atoms with Gasteiger partial charge in [0.25, 0.3) is 0 Å². The number of rotatable bonds is 5. The van der Waals surface area contributed by atoms with E-state index in [1.54, 1.807) is 0 Å². The first kappa shape index (κ1) is 19.3. The quantitative estimate of drug-likeness (QED) is 0.390. The van der Waals surface area contributed by atoms with Gasteiger partial charge in [0.05, 0.1) is 8.07 Å². The van der Waals surface area contributed by atoms with Gasteiger partial charge in [-0.2, -0.15) is 6.42 Å². The van der Waals surface area contributed by atoms with Crippen molar-refractivity contribution < 1.29 is 24.0 Å². The van der Waals surface area contributed by atoms with Crippen molar-refractivity contribution in [3.63, 3.8) is 0 Å². The summed E-state index contributed by atoms with van der Waals surface area (Å²) in [6.45, 7) is 11.0. The molecular formula is C9H21IMgSi. The molecule has 0 atom stereocenters. The van der Waals surface area contributed by atoms with Crippen LogP contribution < -0.4 is 24.0 Å². The van der Waals surface area contributed by atoms with E-state index in [9.17, 15) is 0 Å². The summed E-state index contributed by atoms with van der Waals surface area (Å²) in [6, 6.07) is 5.80. The van der Waals surface area contributed by atoms with Crippen LogP contribution in [0.2, 0.25) is 24.2 Å². The van der Waals surface area contributed by atoms with Crippen LogP contribution in [0.25, 0.3) is 0 Å². The first-order valence-electron chi connectivity index (χ1n) is 4.54. The Morgan fingerprint density at radius 2 is 1.33 bits per heavy atom. The third kappa shape index (κ3) is 6.21. The molecule has 0 nitrogen and oxygen atoms in total. The topological polar surface area (TPSA) is 0 Å². The van der Waals surface area contributed by atoms with Crippen molar-refractivity contribution >= 4 is 31.1 Å². The molecule has 0 rings (SSSR count). The average molecular weight is 309 g/mol. The predicted octanol–water partition coefficient (Wildman–Crippen LogP) is 0.342. The van der Waals surface area contributed by atoms with Crippen LogP contribution in [-0.2, 0) is 0 Å². The van der Waals surface area contributed by atoms with Crippen molar-refractivity contribution in [2.24, 2.45) is 0 Å². The van der Waals surface area contributed by atoms with Gasteiger partial charge in [-0.15, -0.1) is 0 Å². The molecule has 0 N–H and O–H groups in total. The summed E-state index contributed by atoms with van der Waals surface area (Å²) < 4.78 is 0. The Bertz CT molecular complexity index is 76.3. The van der Waals surface area contributed by atoms with Crippen LogP contribution in [0.3, 0.4) is 0 Å². The van der Waals surface area contributed by atoms with E-state index in [-0.39, 0.29) is 47.0 Å². The summed E-state index contributed by atoms with van der Waals surface area (Å²) in [5.41, 5.74) is 0. The second-order valence-electron chi connectivity index (χ2n) is 3.16. The first-order valence-corrected chi connectivity index (χ1v) is 7.36. The normalized spacial score (nSPS) is 10.0. The molecule has 0 heterocycles. The molecule has 0 aromatic carbocycles. The van der Waals surface area contributed by atoms with Crippen molar-refractivity contribution in [1.82, 2.24) is 0 Å². The van der Waals surface area contributed by atoms with Crippen LogP contribution in [0.5, 0.6) is 0 Å². The number of halogens is 1. The van der Waals surface area contributed by atoms with E-state index >= 15 is 0 Å². The summed E-state index contributed by atoms with van der Waals surface area (Å²) in [6.07, 6.45) is 1.15. The zero-order chi connectivity index (χ0) is 8.04. The maximum atomic E-state index is 3.95. The van der Waals surface area contributed by atoms with E-state index in [0.717, 1.165) is 6.42 Å². The second kappa shape index (κ2) is 10.8. The molecule has 0 fully saturated rings. The van der Waals surface area contributed by atoms with Gasteiger partial charge in [0, 0.05) is 0 Å². The van der Waals surface area contributed by atoms with Gasteiger partial charge in [-0.1, -0.05) is 44.9 Å². The van der Waals surface area contributed by atoms with Gasteiger partial charge < -0.3 is 30.9 Å². The van der Waals surface area contributed by atoms with E-state index in [0.29, 0.717) is 0 Å². The van der Waals surface area contributed by atoms with Crippen LogP contribution in [0.15, 0.2) is 0 Å². The Morgan fingerprint density at radius 1 is 1.00 bits per heavy atom. The Labute approximate surface area is 112 Å². The van der Waals surface area contributed by atoms with Gasteiger partial charge >= 0.3 is 23.1 Å². The van der Waals surface area contributed by atoms with Gasteiger partial charge in [-0.3, -0.25) is 0 Å². The van der Waals surface area contributed by atoms with Gasteiger partial charge in [0.15, 0.2) is 0 Å². The van der Waals surface area contributed by atoms with Crippen LogP contribution in [0.4, 0.5) is 0 Å². The third-order valence-corrected chi connectivity index (χ3v) is 8.87. The molecule has 3 heteroatoms. The van der Waals surface area contributed by atoms with E-state index in [4.69, 9.17) is 0 Å². The second-order valence-corrected chi connectivity index (χ2v) is 8.79. The molecule has 0 spiro atoms. The summed E-state index contributed by atoms with van der Waals surface area (Å²) in [4.78, 5) is 0. The maximum Gasteiger partial charge on any atom is 2.00 e. The van der Waals surface area contributed by atoms with E-state index in [1.807, 2.05) is 0 Å². The van der Waals surface area contributed by atoms with Crippen LogP contribution in [0, 0.1) is 6.92 Å². The standard InChI is InChI=1S/C9H21Si.HI.Mg/c1-5-9-10(6-2,7-3)8-4;;/h1,5-9H2,2-4H3;1H;/q-1;;+2/p-1. The molecule has 0 aromatic rings. The fraction of sp³-hybridized carbons (Fsp3) is 0.889. The minimum absolute atomic E-state index is 0. The zero-order valence-corrected chi connectivity index (χ0v) is 13.4. The smallest absolute Gasteiger partial charge is 1.00 e. The molecule has 0 amide bonds. The van der Waals surface area contributed by atoms with Crippen molar-refractivity contribution in [2.75, 3.05) is 0 Å². The molecule has 0 aliphatic rings. The van der Waals surface area contributed by atoms with E-state index in [1.165, 1.54) is 24.2 Å². The van der Waals surface area contributed by atoms with Crippen molar-refractivity contribution in [2.45, 2.75) is 51.4 Å². The maximum absolute atomic E-state index is 3.95. The minimum Gasteiger partial charge on any atom is -1.00 e. The largest absolute Gasteiger partial charge is 2.00 e. The minimum atomic E-state index is -0.780. The van der Waals surface area contributed by atoms with E-state index < -0.39 is 8.07 Å². The molecule has 0 aliphatic carbocycles. The Kier molecular flexibility index (Phi) is 17.4. The van der Waals surface area contributed by atoms with Gasteiger partial charge in [-0.05, 0) is 0 Å². The molecule has 0 aliphatic heterocycles. The molecule has 0 radical (unpaired) electrons. The third-order valence-electron chi connectivity index (χ3n) is 2.96. The number of hydrogen-bond donors (Lipinski definition) is 0. The Balaban J connectivity index is -0.000000405. The summed E-state index contributed by atoms with van der Waals surface area (Å²) in [5.74, 6) is 0. The van der Waals surface area contributed by atoms with Crippen molar-refractivity contribution in [1.29, 1.82) is 0 Å². The van der Waals surface area contributed by atoms with E-state index in [2.05, 4.69) is 27.7 Å². The fourth-order valence-electron chi connectivity index (χ4n) is 1.66. The van der Waals surface area contributed by atoms with Crippen molar-refractivity contribution in [3.8, 4) is 0 Å². The predicted molar refractivity (Wildman–Crippen MR) is 57.7 cm³/mol. The SMILES string of the molecule is [CH2-]CC[Si](CC)(CC)CC.[I-].[Mg+2]. The monoisotopic (exact) mass is 308 g/mol. The van der Waals surface area contributed by atoms with Gasteiger partial charge in [-0.25, -0.2) is 0 Å². The Morgan fingerprint density at radius 3 is 1.42 bits per heavy atom. The molecule has 70 valence electrons. The molecule has 12 heavy (non-hydrogen) atoms. The zero-order valence-electron chi connectivity index (χ0n) is 8.83. The number of hydrogen-bond acceptors (Lipinski definition) is 0. The molecule has 0 aromatic heterocycles. The summed E-state index contributed by atoms with van der Waals surface area (Å²) in [5, 5.41) is 0. The van der Waals surface area contributed by atoms with Gasteiger partial charge in [0.2, 0.25) is 0 Å².